The van der Waals surface area contributed by atoms with Gasteiger partial charge in [-0.05, 0) is 37.5 Å². The van der Waals surface area contributed by atoms with Gasteiger partial charge >= 0.3 is 0 Å². The molecule has 0 aromatic heterocycles. The van der Waals surface area contributed by atoms with Gasteiger partial charge in [-0.15, -0.1) is 0 Å². The fourth-order valence-corrected chi connectivity index (χ4v) is 3.73. The molecule has 0 spiro atoms. The van der Waals surface area contributed by atoms with Crippen LogP contribution in [0.3, 0.4) is 0 Å². The molecule has 0 radical (unpaired) electrons. The predicted molar refractivity (Wildman–Crippen MR) is 86.2 cm³/mol. The summed E-state index contributed by atoms with van der Waals surface area (Å²) >= 11 is 0. The highest BCUT2D eigenvalue weighted by molar-refractivity contribution is 5.27. The molecule has 1 aromatic rings. The highest BCUT2D eigenvalue weighted by atomic mass is 16.5. The summed E-state index contributed by atoms with van der Waals surface area (Å²) in [7, 11) is 0. The molecule has 2 aliphatic rings. The quantitative estimate of drug-likeness (QED) is 0.906. The molecule has 0 amide bonds. The number of hydrogen-bond donors (Lipinski definition) is 1. The van der Waals surface area contributed by atoms with Crippen molar-refractivity contribution in [2.45, 2.75) is 38.3 Å². The molecule has 1 N–H and O–H groups in total. The lowest BCUT2D eigenvalue weighted by atomic mass is 9.94. The van der Waals surface area contributed by atoms with E-state index in [2.05, 4.69) is 24.0 Å². The first-order chi connectivity index (χ1) is 10.7. The van der Waals surface area contributed by atoms with Crippen LogP contribution in [-0.4, -0.2) is 55.1 Å². The summed E-state index contributed by atoms with van der Waals surface area (Å²) in [6, 6.07) is 8.51. The molecule has 1 aromatic carbocycles. The Balaban J connectivity index is 1.53. The van der Waals surface area contributed by atoms with Crippen molar-refractivity contribution in [3.8, 4) is 5.75 Å². The van der Waals surface area contributed by atoms with Crippen LogP contribution in [0.2, 0.25) is 0 Å². The molecule has 1 saturated heterocycles. The molecule has 0 unspecified atom stereocenters. The maximum atomic E-state index is 10.2. The number of aliphatic hydroxyl groups is 1. The molecule has 2 fully saturated rings. The SMILES string of the molecule is Cc1cccc(OCCN2CCOC[C@@H]2[C@@H]2CCC[C@H]2O)c1. The average Bonchev–Trinajstić information content (AvgIpc) is 2.94. The zero-order chi connectivity index (χ0) is 15.4. The molecule has 0 bridgehead atoms. The number of aliphatic hydroxyl groups excluding tert-OH is 1. The van der Waals surface area contributed by atoms with E-state index in [-0.39, 0.29) is 6.10 Å². The predicted octanol–water partition coefficient (Wildman–Crippen LogP) is 2.24. The minimum Gasteiger partial charge on any atom is -0.492 e. The van der Waals surface area contributed by atoms with Crippen molar-refractivity contribution in [3.63, 3.8) is 0 Å². The lowest BCUT2D eigenvalue weighted by Crippen LogP contribution is -2.52. The van der Waals surface area contributed by atoms with E-state index < -0.39 is 0 Å². The average molecular weight is 305 g/mol. The van der Waals surface area contributed by atoms with Gasteiger partial charge in [0.25, 0.3) is 0 Å². The summed E-state index contributed by atoms with van der Waals surface area (Å²) in [4.78, 5) is 2.44. The van der Waals surface area contributed by atoms with Crippen molar-refractivity contribution in [2.75, 3.05) is 32.9 Å². The fraction of sp³-hybridized carbons (Fsp3) is 0.667. The van der Waals surface area contributed by atoms with Crippen LogP contribution in [0.5, 0.6) is 5.75 Å². The Morgan fingerprint density at radius 2 is 2.27 bits per heavy atom. The third-order valence-electron chi connectivity index (χ3n) is 4.94. The maximum absolute atomic E-state index is 10.2. The minimum atomic E-state index is -0.160. The number of rotatable bonds is 5. The second-order valence-electron chi connectivity index (χ2n) is 6.51. The fourth-order valence-electron chi connectivity index (χ4n) is 3.73. The van der Waals surface area contributed by atoms with Gasteiger partial charge in [0.05, 0.1) is 19.3 Å². The van der Waals surface area contributed by atoms with Crippen LogP contribution in [0.4, 0.5) is 0 Å². The Hall–Kier alpha value is -1.10. The zero-order valence-corrected chi connectivity index (χ0v) is 13.4. The zero-order valence-electron chi connectivity index (χ0n) is 13.4. The first kappa shape index (κ1) is 15.8. The molecule has 1 saturated carbocycles. The van der Waals surface area contributed by atoms with E-state index in [0.29, 0.717) is 18.6 Å². The number of morpholine rings is 1. The number of ether oxygens (including phenoxy) is 2. The summed E-state index contributed by atoms with van der Waals surface area (Å²) in [5.41, 5.74) is 1.22. The van der Waals surface area contributed by atoms with Crippen molar-refractivity contribution in [2.24, 2.45) is 5.92 Å². The van der Waals surface area contributed by atoms with Gasteiger partial charge in [0.15, 0.2) is 0 Å². The normalized spacial score (nSPS) is 29.6. The summed E-state index contributed by atoms with van der Waals surface area (Å²) in [6.45, 7) is 6.11. The van der Waals surface area contributed by atoms with Crippen molar-refractivity contribution >= 4 is 0 Å². The summed E-state index contributed by atoms with van der Waals surface area (Å²) in [5.74, 6) is 1.30. The largest absolute Gasteiger partial charge is 0.492 e. The Bertz CT molecular complexity index is 479. The van der Waals surface area contributed by atoms with E-state index >= 15 is 0 Å². The third kappa shape index (κ3) is 3.80. The Morgan fingerprint density at radius 1 is 1.36 bits per heavy atom. The van der Waals surface area contributed by atoms with Crippen LogP contribution in [0.15, 0.2) is 24.3 Å². The van der Waals surface area contributed by atoms with Crippen LogP contribution in [0, 0.1) is 12.8 Å². The van der Waals surface area contributed by atoms with Crippen LogP contribution >= 0.6 is 0 Å². The molecule has 1 aliphatic carbocycles. The van der Waals surface area contributed by atoms with Crippen LogP contribution in [0.25, 0.3) is 0 Å². The smallest absolute Gasteiger partial charge is 0.119 e. The first-order valence-electron chi connectivity index (χ1n) is 8.43. The van der Waals surface area contributed by atoms with Crippen LogP contribution < -0.4 is 4.74 Å². The van der Waals surface area contributed by atoms with Gasteiger partial charge < -0.3 is 14.6 Å². The minimum absolute atomic E-state index is 0.160. The highest BCUT2D eigenvalue weighted by Crippen LogP contribution is 2.32. The van der Waals surface area contributed by atoms with Gasteiger partial charge in [-0.25, -0.2) is 0 Å². The molecular formula is C18H27NO3. The summed E-state index contributed by atoms with van der Waals surface area (Å²) in [6.07, 6.45) is 3.03. The van der Waals surface area contributed by atoms with E-state index in [1.165, 1.54) is 5.56 Å². The van der Waals surface area contributed by atoms with Crippen LogP contribution in [-0.2, 0) is 4.74 Å². The monoisotopic (exact) mass is 305 g/mol. The Morgan fingerprint density at radius 3 is 3.05 bits per heavy atom. The van der Waals surface area contributed by atoms with E-state index in [9.17, 15) is 5.11 Å². The maximum Gasteiger partial charge on any atom is 0.119 e. The van der Waals surface area contributed by atoms with E-state index in [1.54, 1.807) is 0 Å². The number of hydrogen-bond acceptors (Lipinski definition) is 4. The number of benzene rings is 1. The summed E-state index contributed by atoms with van der Waals surface area (Å²) in [5, 5.41) is 10.2. The molecule has 1 aliphatic heterocycles. The molecular weight excluding hydrogens is 278 g/mol. The van der Waals surface area contributed by atoms with Gasteiger partial charge in [0, 0.05) is 25.0 Å². The van der Waals surface area contributed by atoms with Crippen molar-refractivity contribution in [1.29, 1.82) is 0 Å². The molecule has 1 heterocycles. The molecule has 122 valence electrons. The molecule has 3 rings (SSSR count). The topological polar surface area (TPSA) is 41.9 Å². The lowest BCUT2D eigenvalue weighted by Gasteiger charge is -2.40. The van der Waals surface area contributed by atoms with Gasteiger partial charge in [0.2, 0.25) is 0 Å². The van der Waals surface area contributed by atoms with Gasteiger partial charge in [0.1, 0.15) is 12.4 Å². The van der Waals surface area contributed by atoms with Crippen molar-refractivity contribution < 1.29 is 14.6 Å². The second-order valence-corrected chi connectivity index (χ2v) is 6.51. The lowest BCUT2D eigenvalue weighted by molar-refractivity contribution is -0.0532. The van der Waals surface area contributed by atoms with E-state index in [0.717, 1.165) is 51.3 Å². The molecule has 22 heavy (non-hydrogen) atoms. The second kappa shape index (κ2) is 7.44. The van der Waals surface area contributed by atoms with Gasteiger partial charge in [-0.2, -0.15) is 0 Å². The Labute approximate surface area is 133 Å². The van der Waals surface area contributed by atoms with Crippen molar-refractivity contribution in [1.82, 2.24) is 4.90 Å². The van der Waals surface area contributed by atoms with Gasteiger partial charge in [-0.1, -0.05) is 18.6 Å². The standard InChI is InChI=1S/C18H27NO3/c1-14-4-2-5-15(12-14)22-11-9-19-8-10-21-13-17(19)16-6-3-7-18(16)20/h2,4-5,12,16-18,20H,3,6-11,13H2,1H3/t16-,17+,18+/m0/s1. The van der Waals surface area contributed by atoms with Gasteiger partial charge in [-0.3, -0.25) is 4.90 Å². The molecule has 4 nitrogen and oxygen atoms in total. The summed E-state index contributed by atoms with van der Waals surface area (Å²) < 4.78 is 11.5. The van der Waals surface area contributed by atoms with E-state index in [1.807, 2.05) is 12.1 Å². The first-order valence-corrected chi connectivity index (χ1v) is 8.43. The molecule has 4 heteroatoms. The van der Waals surface area contributed by atoms with Crippen molar-refractivity contribution in [3.05, 3.63) is 29.8 Å². The third-order valence-corrected chi connectivity index (χ3v) is 4.94. The number of aryl methyl sites for hydroxylation is 1. The molecule has 3 atom stereocenters. The Kier molecular flexibility index (Phi) is 5.34. The van der Waals surface area contributed by atoms with Crippen LogP contribution in [0.1, 0.15) is 24.8 Å². The van der Waals surface area contributed by atoms with E-state index in [4.69, 9.17) is 9.47 Å². The highest BCUT2D eigenvalue weighted by Gasteiger charge is 2.37. The number of nitrogens with zero attached hydrogens (tertiary/aromatic N) is 1.